The highest BCUT2D eigenvalue weighted by molar-refractivity contribution is 5.89. The molecule has 0 spiro atoms. The van der Waals surface area contributed by atoms with Crippen molar-refractivity contribution in [3.8, 4) is 0 Å². The van der Waals surface area contributed by atoms with Crippen molar-refractivity contribution in [1.82, 2.24) is 5.32 Å². The number of carbonyl (C=O) groups excluding carboxylic acids is 2. The molecule has 0 aliphatic rings. The first-order valence-electron chi connectivity index (χ1n) is 7.91. The van der Waals surface area contributed by atoms with E-state index >= 15 is 0 Å². The van der Waals surface area contributed by atoms with Crippen LogP contribution in [0.5, 0.6) is 0 Å². The molecular weight excluding hydrogens is 306 g/mol. The minimum Gasteiger partial charge on any atom is -0.465 e. The van der Waals surface area contributed by atoms with Crippen LogP contribution in [0.3, 0.4) is 0 Å². The molecule has 0 bridgehead atoms. The summed E-state index contributed by atoms with van der Waals surface area (Å²) in [6, 6.07) is 13.1. The predicted octanol–water partition coefficient (Wildman–Crippen LogP) is 3.49. The molecule has 1 unspecified atom stereocenters. The van der Waals surface area contributed by atoms with E-state index < -0.39 is 5.97 Å². The number of furan rings is 1. The molecule has 1 N–H and O–H groups in total. The maximum Gasteiger partial charge on any atom is 0.331 e. The number of rotatable bonds is 8. The molecule has 2 rings (SSSR count). The molecule has 24 heavy (non-hydrogen) atoms. The van der Waals surface area contributed by atoms with Crippen molar-refractivity contribution >= 4 is 18.0 Å². The van der Waals surface area contributed by atoms with E-state index in [-0.39, 0.29) is 18.6 Å². The average molecular weight is 327 g/mol. The smallest absolute Gasteiger partial charge is 0.331 e. The Morgan fingerprint density at radius 1 is 1.21 bits per heavy atom. The van der Waals surface area contributed by atoms with E-state index in [0.29, 0.717) is 5.76 Å². The molecule has 0 fully saturated rings. The number of amides is 1. The Bertz CT molecular complexity index is 662. The van der Waals surface area contributed by atoms with E-state index in [4.69, 9.17) is 9.15 Å². The summed E-state index contributed by atoms with van der Waals surface area (Å²) in [7, 11) is 0. The van der Waals surface area contributed by atoms with Crippen molar-refractivity contribution in [3.05, 3.63) is 66.1 Å². The van der Waals surface area contributed by atoms with Gasteiger partial charge in [0.15, 0.2) is 6.61 Å². The van der Waals surface area contributed by atoms with Gasteiger partial charge in [0.05, 0.1) is 12.3 Å². The lowest BCUT2D eigenvalue weighted by Gasteiger charge is -2.18. The largest absolute Gasteiger partial charge is 0.465 e. The summed E-state index contributed by atoms with van der Waals surface area (Å²) in [6.07, 6.45) is 5.99. The molecule has 0 aliphatic carbocycles. The van der Waals surface area contributed by atoms with Crippen LogP contribution in [0, 0.1) is 0 Å². The third kappa shape index (κ3) is 5.76. The fourth-order valence-corrected chi connectivity index (χ4v) is 2.25. The Hall–Kier alpha value is -2.82. The highest BCUT2D eigenvalue weighted by Crippen LogP contribution is 2.17. The molecule has 1 heterocycles. The summed E-state index contributed by atoms with van der Waals surface area (Å²) < 4.78 is 10.0. The first-order valence-corrected chi connectivity index (χ1v) is 7.91. The lowest BCUT2D eigenvalue weighted by molar-refractivity contribution is -0.144. The molecule has 1 aromatic carbocycles. The average Bonchev–Trinajstić information content (AvgIpc) is 3.12. The lowest BCUT2D eigenvalue weighted by atomic mass is 10.0. The normalized spacial score (nSPS) is 12.0. The summed E-state index contributed by atoms with van der Waals surface area (Å²) in [6.45, 7) is 1.75. The molecule has 5 nitrogen and oxygen atoms in total. The quantitative estimate of drug-likeness (QED) is 0.595. The van der Waals surface area contributed by atoms with Crippen molar-refractivity contribution in [3.63, 3.8) is 0 Å². The van der Waals surface area contributed by atoms with Gasteiger partial charge in [0, 0.05) is 6.08 Å². The third-order valence-electron chi connectivity index (χ3n) is 3.39. The molecule has 0 radical (unpaired) electrons. The Labute approximate surface area is 141 Å². The van der Waals surface area contributed by atoms with Crippen LogP contribution in [0.2, 0.25) is 0 Å². The van der Waals surface area contributed by atoms with Crippen LogP contribution in [0.15, 0.2) is 59.2 Å². The standard InChI is InChI=1S/C19H21NO4/c1-2-7-17(15-8-4-3-5-9-15)20-18(21)14-24-19(22)12-11-16-10-6-13-23-16/h3-6,8-13,17H,2,7,14H2,1H3,(H,20,21)/b12-11+. The van der Waals surface area contributed by atoms with Gasteiger partial charge < -0.3 is 14.5 Å². The number of nitrogens with one attached hydrogen (secondary N) is 1. The first-order chi connectivity index (χ1) is 11.7. The van der Waals surface area contributed by atoms with Gasteiger partial charge in [-0.3, -0.25) is 4.79 Å². The van der Waals surface area contributed by atoms with Crippen LogP contribution in [0.4, 0.5) is 0 Å². The monoisotopic (exact) mass is 327 g/mol. The Balaban J connectivity index is 1.81. The van der Waals surface area contributed by atoms with E-state index in [1.165, 1.54) is 18.4 Å². The maximum atomic E-state index is 12.0. The van der Waals surface area contributed by atoms with Crippen LogP contribution in [0.25, 0.3) is 6.08 Å². The molecule has 5 heteroatoms. The molecular formula is C19H21NO4. The number of hydrogen-bond acceptors (Lipinski definition) is 4. The summed E-state index contributed by atoms with van der Waals surface area (Å²) >= 11 is 0. The van der Waals surface area contributed by atoms with Crippen molar-refractivity contribution in [2.24, 2.45) is 0 Å². The minimum atomic E-state index is -0.590. The van der Waals surface area contributed by atoms with E-state index in [1.54, 1.807) is 12.1 Å². The minimum absolute atomic E-state index is 0.0823. The Morgan fingerprint density at radius 2 is 2.00 bits per heavy atom. The van der Waals surface area contributed by atoms with Gasteiger partial charge in [0.1, 0.15) is 5.76 Å². The Morgan fingerprint density at radius 3 is 2.67 bits per heavy atom. The zero-order chi connectivity index (χ0) is 17.2. The fraction of sp³-hybridized carbons (Fsp3) is 0.263. The summed E-state index contributed by atoms with van der Waals surface area (Å²) in [4.78, 5) is 23.6. The number of ether oxygens (including phenoxy) is 1. The van der Waals surface area contributed by atoms with Gasteiger partial charge >= 0.3 is 5.97 Å². The van der Waals surface area contributed by atoms with Gasteiger partial charge in [-0.15, -0.1) is 0 Å². The SMILES string of the molecule is CCCC(NC(=O)COC(=O)/C=C/c1ccco1)c1ccccc1. The molecule has 1 atom stereocenters. The summed E-state index contributed by atoms with van der Waals surface area (Å²) in [5.41, 5.74) is 1.04. The highest BCUT2D eigenvalue weighted by atomic mass is 16.5. The molecule has 0 aliphatic heterocycles. The number of benzene rings is 1. The van der Waals surface area contributed by atoms with Crippen LogP contribution in [0.1, 0.15) is 37.1 Å². The zero-order valence-corrected chi connectivity index (χ0v) is 13.6. The van der Waals surface area contributed by atoms with Crippen LogP contribution in [-0.4, -0.2) is 18.5 Å². The third-order valence-corrected chi connectivity index (χ3v) is 3.39. The van der Waals surface area contributed by atoms with E-state index in [2.05, 4.69) is 12.2 Å². The van der Waals surface area contributed by atoms with Gasteiger partial charge in [-0.25, -0.2) is 4.79 Å². The molecule has 0 saturated heterocycles. The van der Waals surface area contributed by atoms with Gasteiger partial charge in [0.2, 0.25) is 0 Å². The van der Waals surface area contributed by atoms with Crippen molar-refractivity contribution in [2.45, 2.75) is 25.8 Å². The van der Waals surface area contributed by atoms with Crippen molar-refractivity contribution in [2.75, 3.05) is 6.61 Å². The van der Waals surface area contributed by atoms with Crippen LogP contribution >= 0.6 is 0 Å². The van der Waals surface area contributed by atoms with E-state index in [1.807, 2.05) is 30.3 Å². The second kappa shape index (κ2) is 9.35. The first kappa shape index (κ1) is 17.5. The van der Waals surface area contributed by atoms with Crippen LogP contribution < -0.4 is 5.32 Å². The lowest BCUT2D eigenvalue weighted by Crippen LogP contribution is -2.32. The Kier molecular flexibility index (Phi) is 6.83. The van der Waals surface area contributed by atoms with Gasteiger partial charge in [-0.1, -0.05) is 43.7 Å². The second-order valence-electron chi connectivity index (χ2n) is 5.28. The number of esters is 1. The molecule has 126 valence electrons. The zero-order valence-electron chi connectivity index (χ0n) is 13.6. The fourth-order valence-electron chi connectivity index (χ4n) is 2.25. The van der Waals surface area contributed by atoms with E-state index in [0.717, 1.165) is 18.4 Å². The molecule has 2 aromatic rings. The number of hydrogen-bond donors (Lipinski definition) is 1. The van der Waals surface area contributed by atoms with Gasteiger partial charge in [-0.2, -0.15) is 0 Å². The maximum absolute atomic E-state index is 12.0. The van der Waals surface area contributed by atoms with Crippen molar-refractivity contribution in [1.29, 1.82) is 0 Å². The van der Waals surface area contributed by atoms with Crippen LogP contribution in [-0.2, 0) is 14.3 Å². The van der Waals surface area contributed by atoms with Gasteiger partial charge in [0.25, 0.3) is 5.91 Å². The topological polar surface area (TPSA) is 68.5 Å². The van der Waals surface area contributed by atoms with Crippen molar-refractivity contribution < 1.29 is 18.7 Å². The molecule has 1 amide bonds. The number of carbonyl (C=O) groups is 2. The summed E-state index contributed by atoms with van der Waals surface area (Å²) in [5.74, 6) is -0.367. The predicted molar refractivity (Wildman–Crippen MR) is 90.9 cm³/mol. The highest BCUT2D eigenvalue weighted by Gasteiger charge is 2.14. The van der Waals surface area contributed by atoms with E-state index in [9.17, 15) is 9.59 Å². The molecule has 1 aromatic heterocycles. The second-order valence-corrected chi connectivity index (χ2v) is 5.28. The van der Waals surface area contributed by atoms with Gasteiger partial charge in [-0.05, 0) is 30.2 Å². The molecule has 0 saturated carbocycles. The summed E-state index contributed by atoms with van der Waals surface area (Å²) in [5, 5.41) is 2.90.